The number of aryl methyl sites for hydroxylation is 3. The standard InChI is InChI=1S/C20H25N5O/c1-11(2)9-10-16-14(5)22-20(24-18(16)26)25-19-21-13(4)15-8-6-7-12(3)17(15)23-19/h6-8,11H,9-10H2,1-5H3,(H2,21,22,23,24,25,26). The van der Waals surface area contributed by atoms with Crippen LogP contribution in [0.3, 0.4) is 0 Å². The van der Waals surface area contributed by atoms with Crippen LogP contribution in [0.2, 0.25) is 0 Å². The van der Waals surface area contributed by atoms with Gasteiger partial charge in [0.15, 0.2) is 0 Å². The van der Waals surface area contributed by atoms with E-state index < -0.39 is 0 Å². The van der Waals surface area contributed by atoms with Crippen LogP contribution >= 0.6 is 0 Å². The van der Waals surface area contributed by atoms with Crippen molar-refractivity contribution in [1.82, 2.24) is 19.9 Å². The second kappa shape index (κ2) is 7.23. The summed E-state index contributed by atoms with van der Waals surface area (Å²) in [5.74, 6) is 1.35. The fraction of sp³-hybridized carbons (Fsp3) is 0.400. The first kappa shape index (κ1) is 18.0. The molecule has 0 saturated heterocycles. The van der Waals surface area contributed by atoms with Gasteiger partial charge < -0.3 is 0 Å². The van der Waals surface area contributed by atoms with Crippen LogP contribution < -0.4 is 10.9 Å². The summed E-state index contributed by atoms with van der Waals surface area (Å²) < 4.78 is 0. The van der Waals surface area contributed by atoms with Gasteiger partial charge in [0.2, 0.25) is 11.9 Å². The molecule has 1 aromatic carbocycles. The predicted molar refractivity (Wildman–Crippen MR) is 105 cm³/mol. The van der Waals surface area contributed by atoms with E-state index in [0.29, 0.717) is 17.8 Å². The topological polar surface area (TPSA) is 83.6 Å². The van der Waals surface area contributed by atoms with Crippen LogP contribution in [0.25, 0.3) is 10.9 Å². The number of rotatable bonds is 5. The number of anilines is 2. The van der Waals surface area contributed by atoms with Crippen LogP contribution in [0.1, 0.15) is 42.8 Å². The molecule has 0 radical (unpaired) electrons. The Morgan fingerprint density at radius 2 is 1.85 bits per heavy atom. The second-order valence-corrected chi connectivity index (χ2v) is 7.14. The summed E-state index contributed by atoms with van der Waals surface area (Å²) in [6.45, 7) is 10.1. The maximum absolute atomic E-state index is 12.4. The molecule has 2 N–H and O–H groups in total. The summed E-state index contributed by atoms with van der Waals surface area (Å²) in [4.78, 5) is 28.8. The molecule has 0 spiro atoms. The molecule has 6 heteroatoms. The van der Waals surface area contributed by atoms with Crippen molar-refractivity contribution in [2.75, 3.05) is 5.32 Å². The first-order valence-electron chi connectivity index (χ1n) is 8.96. The zero-order chi connectivity index (χ0) is 18.8. The highest BCUT2D eigenvalue weighted by Gasteiger charge is 2.11. The lowest BCUT2D eigenvalue weighted by atomic mass is 10.0. The zero-order valence-electron chi connectivity index (χ0n) is 16.0. The number of nitrogens with zero attached hydrogens (tertiary/aromatic N) is 3. The van der Waals surface area contributed by atoms with Gasteiger partial charge in [-0.15, -0.1) is 0 Å². The summed E-state index contributed by atoms with van der Waals surface area (Å²) in [7, 11) is 0. The zero-order valence-corrected chi connectivity index (χ0v) is 16.0. The third kappa shape index (κ3) is 3.74. The van der Waals surface area contributed by atoms with Gasteiger partial charge in [0, 0.05) is 16.6 Å². The van der Waals surface area contributed by atoms with Crippen molar-refractivity contribution in [2.45, 2.75) is 47.5 Å². The molecular formula is C20H25N5O. The van der Waals surface area contributed by atoms with Crippen LogP contribution in [0.4, 0.5) is 11.9 Å². The number of hydrogen-bond donors (Lipinski definition) is 2. The largest absolute Gasteiger partial charge is 0.294 e. The molecular weight excluding hydrogens is 326 g/mol. The van der Waals surface area contributed by atoms with Crippen LogP contribution in [0.15, 0.2) is 23.0 Å². The van der Waals surface area contributed by atoms with E-state index in [4.69, 9.17) is 0 Å². The van der Waals surface area contributed by atoms with Gasteiger partial charge in [-0.2, -0.15) is 0 Å². The Labute approximate surface area is 153 Å². The van der Waals surface area contributed by atoms with E-state index in [2.05, 4.69) is 39.1 Å². The highest BCUT2D eigenvalue weighted by Crippen LogP contribution is 2.21. The molecule has 2 heterocycles. The summed E-state index contributed by atoms with van der Waals surface area (Å²) in [6.07, 6.45) is 1.70. The van der Waals surface area contributed by atoms with E-state index in [0.717, 1.165) is 46.3 Å². The highest BCUT2D eigenvalue weighted by molar-refractivity contribution is 5.84. The molecule has 0 atom stereocenters. The predicted octanol–water partition coefficient (Wildman–Crippen LogP) is 3.97. The van der Waals surface area contributed by atoms with Gasteiger partial charge in [0.1, 0.15) is 0 Å². The van der Waals surface area contributed by atoms with Gasteiger partial charge in [-0.1, -0.05) is 32.0 Å². The van der Waals surface area contributed by atoms with E-state index >= 15 is 0 Å². The summed E-state index contributed by atoms with van der Waals surface area (Å²) in [5, 5.41) is 4.07. The minimum Gasteiger partial charge on any atom is -0.294 e. The van der Waals surface area contributed by atoms with E-state index in [1.54, 1.807) is 0 Å². The number of nitrogens with one attached hydrogen (secondary N) is 2. The normalized spacial score (nSPS) is 11.3. The molecule has 0 fully saturated rings. The summed E-state index contributed by atoms with van der Waals surface area (Å²) in [6, 6.07) is 6.03. The van der Waals surface area contributed by atoms with Gasteiger partial charge in [-0.3, -0.25) is 15.1 Å². The van der Waals surface area contributed by atoms with Crippen molar-refractivity contribution >= 4 is 22.8 Å². The lowest BCUT2D eigenvalue weighted by molar-refractivity contribution is 0.582. The Morgan fingerprint density at radius 3 is 2.54 bits per heavy atom. The Hall–Kier alpha value is -2.76. The second-order valence-electron chi connectivity index (χ2n) is 7.14. The number of para-hydroxylation sites is 1. The molecule has 0 aliphatic carbocycles. The lowest BCUT2D eigenvalue weighted by Crippen LogP contribution is -2.19. The van der Waals surface area contributed by atoms with E-state index in [-0.39, 0.29) is 5.56 Å². The number of H-pyrrole nitrogens is 1. The van der Waals surface area contributed by atoms with Gasteiger partial charge in [0.05, 0.1) is 11.2 Å². The highest BCUT2D eigenvalue weighted by atomic mass is 16.1. The van der Waals surface area contributed by atoms with Crippen molar-refractivity contribution in [3.05, 3.63) is 51.1 Å². The molecule has 3 rings (SSSR count). The van der Waals surface area contributed by atoms with E-state index in [1.165, 1.54) is 0 Å². The quantitative estimate of drug-likeness (QED) is 0.726. The molecule has 0 amide bonds. The van der Waals surface area contributed by atoms with Crippen molar-refractivity contribution in [1.29, 1.82) is 0 Å². The molecule has 136 valence electrons. The van der Waals surface area contributed by atoms with Crippen LogP contribution in [-0.4, -0.2) is 19.9 Å². The van der Waals surface area contributed by atoms with Gasteiger partial charge >= 0.3 is 0 Å². The van der Waals surface area contributed by atoms with Crippen molar-refractivity contribution in [3.63, 3.8) is 0 Å². The fourth-order valence-electron chi connectivity index (χ4n) is 3.01. The van der Waals surface area contributed by atoms with Gasteiger partial charge in [-0.05, 0) is 45.1 Å². The lowest BCUT2D eigenvalue weighted by Gasteiger charge is -2.11. The number of benzene rings is 1. The van der Waals surface area contributed by atoms with Gasteiger partial charge in [-0.25, -0.2) is 15.0 Å². The van der Waals surface area contributed by atoms with E-state index in [1.807, 2.05) is 39.0 Å². The molecule has 6 nitrogen and oxygen atoms in total. The van der Waals surface area contributed by atoms with Crippen LogP contribution in [-0.2, 0) is 6.42 Å². The number of aromatic nitrogens is 4. The molecule has 26 heavy (non-hydrogen) atoms. The molecule has 0 saturated carbocycles. The average Bonchev–Trinajstić information content (AvgIpc) is 2.55. The summed E-state index contributed by atoms with van der Waals surface area (Å²) >= 11 is 0. The molecule has 2 aromatic heterocycles. The molecule has 0 bridgehead atoms. The third-order valence-corrected chi connectivity index (χ3v) is 4.54. The molecule has 0 aliphatic heterocycles. The minimum absolute atomic E-state index is 0.102. The first-order chi connectivity index (χ1) is 12.3. The number of hydrogen-bond acceptors (Lipinski definition) is 5. The Morgan fingerprint density at radius 1 is 1.08 bits per heavy atom. The van der Waals surface area contributed by atoms with Crippen molar-refractivity contribution in [3.8, 4) is 0 Å². The van der Waals surface area contributed by atoms with Crippen LogP contribution in [0, 0.1) is 26.7 Å². The maximum atomic E-state index is 12.4. The number of aromatic amines is 1. The smallest absolute Gasteiger partial charge is 0.255 e. The van der Waals surface area contributed by atoms with Crippen molar-refractivity contribution in [2.24, 2.45) is 5.92 Å². The molecule has 3 aromatic rings. The summed E-state index contributed by atoms with van der Waals surface area (Å²) in [5.41, 5.74) is 4.25. The average molecular weight is 351 g/mol. The van der Waals surface area contributed by atoms with Crippen LogP contribution in [0.5, 0.6) is 0 Å². The minimum atomic E-state index is -0.102. The Kier molecular flexibility index (Phi) is 5.02. The maximum Gasteiger partial charge on any atom is 0.255 e. The monoisotopic (exact) mass is 351 g/mol. The third-order valence-electron chi connectivity index (χ3n) is 4.54. The Balaban J connectivity index is 1.93. The van der Waals surface area contributed by atoms with Crippen molar-refractivity contribution < 1.29 is 0 Å². The Bertz CT molecular complexity index is 1010. The number of fused-ring (bicyclic) bond motifs is 1. The fourth-order valence-corrected chi connectivity index (χ4v) is 3.01. The van der Waals surface area contributed by atoms with Gasteiger partial charge in [0.25, 0.3) is 5.56 Å². The molecule has 0 aliphatic rings. The SMILES string of the molecule is Cc1nc(Nc2nc(C)c3cccc(C)c3n2)[nH]c(=O)c1CCC(C)C. The first-order valence-corrected chi connectivity index (χ1v) is 8.96. The molecule has 0 unspecified atom stereocenters. The van der Waals surface area contributed by atoms with E-state index in [9.17, 15) is 4.79 Å².